The zero-order chi connectivity index (χ0) is 13.1. The molecule has 1 unspecified atom stereocenters. The highest BCUT2D eigenvalue weighted by atomic mass is 15.2. The number of fused-ring (bicyclic) bond motifs is 1. The van der Waals surface area contributed by atoms with E-state index in [4.69, 9.17) is 5.73 Å². The summed E-state index contributed by atoms with van der Waals surface area (Å²) in [6.45, 7) is 8.47. The smallest absolute Gasteiger partial charge is 0.180 e. The Morgan fingerprint density at radius 3 is 2.89 bits per heavy atom. The highest BCUT2D eigenvalue weighted by molar-refractivity contribution is 5.66. The molecule has 5 nitrogen and oxygen atoms in total. The van der Waals surface area contributed by atoms with Gasteiger partial charge in [-0.25, -0.2) is 9.97 Å². The van der Waals surface area contributed by atoms with Crippen molar-refractivity contribution in [2.45, 2.75) is 27.2 Å². The van der Waals surface area contributed by atoms with Gasteiger partial charge in [-0.3, -0.25) is 0 Å². The van der Waals surface area contributed by atoms with Crippen LogP contribution in [0.4, 0.5) is 11.6 Å². The van der Waals surface area contributed by atoms with E-state index in [1.54, 1.807) is 12.4 Å². The van der Waals surface area contributed by atoms with Crippen LogP contribution in [0.3, 0.4) is 0 Å². The Bertz CT molecular complexity index is 519. The van der Waals surface area contributed by atoms with Crippen molar-refractivity contribution in [2.75, 3.05) is 23.7 Å². The van der Waals surface area contributed by atoms with Gasteiger partial charge in [-0.05, 0) is 12.8 Å². The topological polar surface area (TPSA) is 59.5 Å². The summed E-state index contributed by atoms with van der Waals surface area (Å²) in [5.41, 5.74) is 6.72. The van der Waals surface area contributed by atoms with Crippen LogP contribution >= 0.6 is 0 Å². The van der Waals surface area contributed by atoms with Crippen LogP contribution in [0.2, 0.25) is 0 Å². The van der Waals surface area contributed by atoms with E-state index in [1.165, 1.54) is 0 Å². The van der Waals surface area contributed by atoms with Crippen LogP contribution in [0.1, 0.15) is 27.2 Å². The van der Waals surface area contributed by atoms with E-state index in [1.807, 2.05) is 10.6 Å². The summed E-state index contributed by atoms with van der Waals surface area (Å²) in [6.07, 6.45) is 6.62. The first-order valence-corrected chi connectivity index (χ1v) is 6.49. The van der Waals surface area contributed by atoms with Crippen LogP contribution in [0.15, 0.2) is 18.6 Å². The lowest BCUT2D eigenvalue weighted by atomic mass is 10.1. The fourth-order valence-corrected chi connectivity index (χ4v) is 2.02. The highest BCUT2D eigenvalue weighted by Crippen LogP contribution is 2.20. The first-order valence-electron chi connectivity index (χ1n) is 6.49. The molecule has 2 aromatic heterocycles. The summed E-state index contributed by atoms with van der Waals surface area (Å²) in [6, 6.07) is 0. The Hall–Kier alpha value is -1.78. The van der Waals surface area contributed by atoms with Crippen molar-refractivity contribution < 1.29 is 0 Å². The molecule has 18 heavy (non-hydrogen) atoms. The number of imidazole rings is 1. The second-order valence-electron chi connectivity index (χ2n) is 4.70. The van der Waals surface area contributed by atoms with Crippen LogP contribution in [-0.4, -0.2) is 27.5 Å². The third kappa shape index (κ3) is 2.39. The van der Waals surface area contributed by atoms with Gasteiger partial charge in [0, 0.05) is 25.5 Å². The lowest BCUT2D eigenvalue weighted by Gasteiger charge is -2.25. The third-order valence-corrected chi connectivity index (χ3v) is 3.29. The molecular weight excluding hydrogens is 226 g/mol. The molecule has 2 rings (SSSR count). The molecule has 1 atom stereocenters. The van der Waals surface area contributed by atoms with Crippen LogP contribution in [0.25, 0.3) is 5.65 Å². The molecule has 0 aliphatic heterocycles. The number of anilines is 2. The zero-order valence-electron chi connectivity index (χ0n) is 11.3. The lowest BCUT2D eigenvalue weighted by molar-refractivity contribution is 0.546. The van der Waals surface area contributed by atoms with Crippen LogP contribution in [-0.2, 0) is 0 Å². The molecule has 2 aromatic rings. The summed E-state index contributed by atoms with van der Waals surface area (Å²) in [5.74, 6) is 2.03. The van der Waals surface area contributed by atoms with Crippen LogP contribution < -0.4 is 10.6 Å². The maximum atomic E-state index is 5.85. The lowest BCUT2D eigenvalue weighted by Crippen LogP contribution is -2.29. The van der Waals surface area contributed by atoms with Gasteiger partial charge in [-0.1, -0.05) is 20.3 Å². The molecule has 2 heterocycles. The van der Waals surface area contributed by atoms with E-state index in [2.05, 4.69) is 35.6 Å². The van der Waals surface area contributed by atoms with Crippen molar-refractivity contribution in [1.29, 1.82) is 0 Å². The van der Waals surface area contributed by atoms with E-state index in [-0.39, 0.29) is 0 Å². The Balaban J connectivity index is 2.40. The van der Waals surface area contributed by atoms with E-state index in [0.717, 1.165) is 31.0 Å². The summed E-state index contributed by atoms with van der Waals surface area (Å²) in [7, 11) is 0. The van der Waals surface area contributed by atoms with Gasteiger partial charge in [0.05, 0.1) is 6.20 Å². The number of aromatic nitrogens is 3. The number of hydrogen-bond acceptors (Lipinski definition) is 4. The van der Waals surface area contributed by atoms with Crippen molar-refractivity contribution in [3.8, 4) is 0 Å². The molecule has 5 heteroatoms. The molecular formula is C13H21N5. The minimum Gasteiger partial charge on any atom is -0.382 e. The molecule has 0 aromatic carbocycles. The number of nitrogen functional groups attached to an aromatic ring is 1. The summed E-state index contributed by atoms with van der Waals surface area (Å²) in [4.78, 5) is 11.1. The fourth-order valence-electron chi connectivity index (χ4n) is 2.02. The van der Waals surface area contributed by atoms with Gasteiger partial charge >= 0.3 is 0 Å². The van der Waals surface area contributed by atoms with Gasteiger partial charge in [-0.2, -0.15) is 0 Å². The van der Waals surface area contributed by atoms with Crippen LogP contribution in [0.5, 0.6) is 0 Å². The molecule has 0 saturated carbocycles. The van der Waals surface area contributed by atoms with Crippen LogP contribution in [0, 0.1) is 5.92 Å². The molecule has 0 aliphatic carbocycles. The molecule has 98 valence electrons. The van der Waals surface area contributed by atoms with E-state index in [0.29, 0.717) is 11.7 Å². The van der Waals surface area contributed by atoms with E-state index >= 15 is 0 Å². The predicted molar refractivity (Wildman–Crippen MR) is 74.7 cm³/mol. The van der Waals surface area contributed by atoms with Crippen molar-refractivity contribution in [2.24, 2.45) is 5.92 Å². The first-order chi connectivity index (χ1) is 8.65. The highest BCUT2D eigenvalue weighted by Gasteiger charge is 2.15. The number of nitrogens with two attached hydrogens (primary N) is 1. The SMILES string of the molecule is CCC(C)CN(CC)c1nc(N)cn2ccnc12. The Kier molecular flexibility index (Phi) is 3.69. The molecule has 0 amide bonds. The average molecular weight is 247 g/mol. The monoisotopic (exact) mass is 247 g/mol. The number of rotatable bonds is 5. The molecule has 0 radical (unpaired) electrons. The van der Waals surface area contributed by atoms with Crippen molar-refractivity contribution in [3.05, 3.63) is 18.6 Å². The summed E-state index contributed by atoms with van der Waals surface area (Å²) in [5, 5.41) is 0. The fraction of sp³-hybridized carbons (Fsp3) is 0.538. The number of hydrogen-bond donors (Lipinski definition) is 1. The van der Waals surface area contributed by atoms with Crippen molar-refractivity contribution in [1.82, 2.24) is 14.4 Å². The Morgan fingerprint density at radius 1 is 1.44 bits per heavy atom. The largest absolute Gasteiger partial charge is 0.382 e. The summed E-state index contributed by atoms with van der Waals surface area (Å²) < 4.78 is 1.93. The second-order valence-corrected chi connectivity index (χ2v) is 4.70. The normalized spacial score (nSPS) is 12.8. The molecule has 0 saturated heterocycles. The van der Waals surface area contributed by atoms with Crippen molar-refractivity contribution in [3.63, 3.8) is 0 Å². The average Bonchev–Trinajstić information content (AvgIpc) is 2.82. The maximum Gasteiger partial charge on any atom is 0.180 e. The summed E-state index contributed by atoms with van der Waals surface area (Å²) >= 11 is 0. The van der Waals surface area contributed by atoms with Gasteiger partial charge in [0.1, 0.15) is 5.82 Å². The third-order valence-electron chi connectivity index (χ3n) is 3.29. The second kappa shape index (κ2) is 5.25. The minimum atomic E-state index is 0.526. The quantitative estimate of drug-likeness (QED) is 0.879. The molecule has 0 fully saturated rings. The molecule has 2 N–H and O–H groups in total. The predicted octanol–water partition coefficient (Wildman–Crippen LogP) is 2.18. The van der Waals surface area contributed by atoms with Crippen molar-refractivity contribution >= 4 is 17.3 Å². The van der Waals surface area contributed by atoms with Gasteiger partial charge in [0.2, 0.25) is 0 Å². The molecule has 0 aliphatic rings. The van der Waals surface area contributed by atoms with Gasteiger partial charge < -0.3 is 15.0 Å². The molecule has 0 bridgehead atoms. The van der Waals surface area contributed by atoms with Gasteiger partial charge in [0.15, 0.2) is 11.5 Å². The number of nitrogens with zero attached hydrogens (tertiary/aromatic N) is 4. The Labute approximate surface area is 108 Å². The standard InChI is InChI=1S/C13H21N5/c1-4-10(3)8-17(5-2)13-12-15-6-7-18(12)9-11(14)16-13/h6-7,9-10H,4-5,8,14H2,1-3H3. The minimum absolute atomic E-state index is 0.526. The van der Waals surface area contributed by atoms with E-state index in [9.17, 15) is 0 Å². The first kappa shape index (κ1) is 12.7. The zero-order valence-corrected chi connectivity index (χ0v) is 11.3. The molecule has 0 spiro atoms. The maximum absolute atomic E-state index is 5.85. The van der Waals surface area contributed by atoms with Gasteiger partial charge in [0.25, 0.3) is 0 Å². The van der Waals surface area contributed by atoms with Gasteiger partial charge in [-0.15, -0.1) is 0 Å². The van der Waals surface area contributed by atoms with E-state index < -0.39 is 0 Å². The Morgan fingerprint density at radius 2 is 2.22 bits per heavy atom.